The largest absolute Gasteiger partial charge is 0.298 e. The molecule has 0 unspecified atom stereocenters. The molecule has 1 aliphatic rings. The molecule has 8 nitrogen and oxygen atoms in total. The SMILES string of the molecule is CS(=O)(=O)N1CCN(NC(=O)c2cccn3c(-c4ccccc4)c(-c4ccc(Cl)cc4)nc23)CC1. The van der Waals surface area contributed by atoms with Gasteiger partial charge in [-0.3, -0.25) is 14.6 Å². The quantitative estimate of drug-likeness (QED) is 0.444. The number of aromatic nitrogens is 2. The van der Waals surface area contributed by atoms with Crippen LogP contribution in [0, 0.1) is 0 Å². The summed E-state index contributed by atoms with van der Waals surface area (Å²) < 4.78 is 26.9. The molecule has 180 valence electrons. The lowest BCUT2D eigenvalue weighted by Gasteiger charge is -2.33. The van der Waals surface area contributed by atoms with Crippen LogP contribution in [0.4, 0.5) is 0 Å². The number of nitrogens with zero attached hydrogens (tertiary/aromatic N) is 4. The highest BCUT2D eigenvalue weighted by molar-refractivity contribution is 7.88. The number of fused-ring (bicyclic) bond motifs is 1. The highest BCUT2D eigenvalue weighted by Gasteiger charge is 2.26. The molecule has 0 saturated carbocycles. The molecule has 1 saturated heterocycles. The Balaban J connectivity index is 1.52. The third-order valence-electron chi connectivity index (χ3n) is 6.03. The first-order chi connectivity index (χ1) is 16.8. The number of carbonyl (C=O) groups excluding carboxylic acids is 1. The number of hydrogen-bond acceptors (Lipinski definition) is 5. The van der Waals surface area contributed by atoms with Crippen LogP contribution in [0.25, 0.3) is 28.2 Å². The Kier molecular flexibility index (Phi) is 6.33. The van der Waals surface area contributed by atoms with Gasteiger partial charge in [-0.1, -0.05) is 54.1 Å². The molecule has 35 heavy (non-hydrogen) atoms. The summed E-state index contributed by atoms with van der Waals surface area (Å²) in [5.41, 5.74) is 7.35. The van der Waals surface area contributed by atoms with Crippen molar-refractivity contribution in [3.63, 3.8) is 0 Å². The van der Waals surface area contributed by atoms with Crippen molar-refractivity contribution in [3.8, 4) is 22.5 Å². The minimum atomic E-state index is -3.24. The molecule has 1 fully saturated rings. The van der Waals surface area contributed by atoms with Gasteiger partial charge in [0.25, 0.3) is 5.91 Å². The van der Waals surface area contributed by atoms with Gasteiger partial charge in [0.1, 0.15) is 0 Å². The second kappa shape index (κ2) is 9.43. The van der Waals surface area contributed by atoms with E-state index >= 15 is 0 Å². The summed E-state index contributed by atoms with van der Waals surface area (Å²) in [7, 11) is -3.24. The van der Waals surface area contributed by atoms with Gasteiger partial charge < -0.3 is 0 Å². The monoisotopic (exact) mass is 509 g/mol. The highest BCUT2D eigenvalue weighted by atomic mass is 35.5. The summed E-state index contributed by atoms with van der Waals surface area (Å²) in [6.07, 6.45) is 3.09. The van der Waals surface area contributed by atoms with Gasteiger partial charge in [0.05, 0.1) is 23.2 Å². The molecule has 0 aliphatic carbocycles. The molecule has 5 rings (SSSR count). The van der Waals surface area contributed by atoms with Gasteiger partial charge in [0.2, 0.25) is 10.0 Å². The first kappa shape index (κ1) is 23.5. The first-order valence-electron chi connectivity index (χ1n) is 11.1. The highest BCUT2D eigenvalue weighted by Crippen LogP contribution is 2.34. The predicted octanol–water partition coefficient (Wildman–Crippen LogP) is 3.54. The Hall–Kier alpha value is -3.24. The number of pyridine rings is 1. The molecular weight excluding hydrogens is 486 g/mol. The number of piperazine rings is 1. The number of nitrogens with one attached hydrogen (secondary N) is 1. The number of amides is 1. The normalized spacial score (nSPS) is 15.4. The van der Waals surface area contributed by atoms with Crippen LogP contribution in [0.5, 0.6) is 0 Å². The fourth-order valence-electron chi connectivity index (χ4n) is 4.26. The zero-order valence-corrected chi connectivity index (χ0v) is 20.6. The fourth-order valence-corrected chi connectivity index (χ4v) is 5.21. The van der Waals surface area contributed by atoms with E-state index in [4.69, 9.17) is 16.6 Å². The number of benzene rings is 2. The summed E-state index contributed by atoms with van der Waals surface area (Å²) in [5, 5.41) is 2.38. The lowest BCUT2D eigenvalue weighted by Crippen LogP contribution is -2.54. The third-order valence-corrected chi connectivity index (χ3v) is 7.58. The zero-order chi connectivity index (χ0) is 24.6. The summed E-state index contributed by atoms with van der Waals surface area (Å²) in [4.78, 5) is 18.2. The topological polar surface area (TPSA) is 87.0 Å². The molecule has 1 N–H and O–H groups in total. The fraction of sp³-hybridized carbons (Fsp3) is 0.200. The number of carbonyl (C=O) groups is 1. The van der Waals surface area contributed by atoms with Crippen molar-refractivity contribution in [2.45, 2.75) is 0 Å². The van der Waals surface area contributed by atoms with Crippen LogP contribution in [0.1, 0.15) is 10.4 Å². The molecule has 0 bridgehead atoms. The molecular formula is C25H24ClN5O3S. The van der Waals surface area contributed by atoms with E-state index in [1.165, 1.54) is 10.6 Å². The Morgan fingerprint density at radius 2 is 1.60 bits per heavy atom. The molecule has 0 radical (unpaired) electrons. The second-order valence-corrected chi connectivity index (χ2v) is 10.8. The minimum absolute atomic E-state index is 0.296. The van der Waals surface area contributed by atoms with Crippen molar-refractivity contribution in [2.24, 2.45) is 0 Å². The van der Waals surface area contributed by atoms with Crippen LogP contribution >= 0.6 is 11.6 Å². The van der Waals surface area contributed by atoms with Gasteiger partial charge >= 0.3 is 0 Å². The molecule has 2 aromatic carbocycles. The Morgan fingerprint density at radius 1 is 0.914 bits per heavy atom. The summed E-state index contributed by atoms with van der Waals surface area (Å²) in [6.45, 7) is 1.46. The van der Waals surface area contributed by atoms with Crippen LogP contribution in [0.3, 0.4) is 0 Å². The minimum Gasteiger partial charge on any atom is -0.298 e. The molecule has 4 aromatic rings. The van der Waals surface area contributed by atoms with Crippen molar-refractivity contribution in [1.82, 2.24) is 24.1 Å². The van der Waals surface area contributed by atoms with E-state index in [0.717, 1.165) is 22.5 Å². The average molecular weight is 510 g/mol. The Labute approximate surface area is 208 Å². The summed E-state index contributed by atoms with van der Waals surface area (Å²) in [5.74, 6) is -0.296. The van der Waals surface area contributed by atoms with Gasteiger partial charge in [-0.15, -0.1) is 0 Å². The maximum absolute atomic E-state index is 13.3. The number of sulfonamides is 1. The molecule has 0 spiro atoms. The second-order valence-electron chi connectivity index (χ2n) is 8.39. The number of imidazole rings is 1. The Morgan fingerprint density at radius 3 is 2.26 bits per heavy atom. The average Bonchev–Trinajstić information content (AvgIpc) is 3.24. The van der Waals surface area contributed by atoms with E-state index in [2.05, 4.69) is 5.43 Å². The first-order valence-corrected chi connectivity index (χ1v) is 13.4. The molecule has 0 atom stereocenters. The van der Waals surface area contributed by atoms with Crippen molar-refractivity contribution < 1.29 is 13.2 Å². The van der Waals surface area contributed by atoms with Gasteiger partial charge in [0.15, 0.2) is 5.65 Å². The van der Waals surface area contributed by atoms with Gasteiger partial charge in [0, 0.05) is 48.5 Å². The number of rotatable bonds is 5. The van der Waals surface area contributed by atoms with E-state index in [-0.39, 0.29) is 5.91 Å². The Bertz CT molecular complexity index is 1480. The van der Waals surface area contributed by atoms with Crippen molar-refractivity contribution in [2.75, 3.05) is 32.4 Å². The van der Waals surface area contributed by atoms with Crippen molar-refractivity contribution in [3.05, 3.63) is 83.5 Å². The van der Waals surface area contributed by atoms with Crippen LogP contribution in [-0.4, -0.2) is 65.5 Å². The summed E-state index contributed by atoms with van der Waals surface area (Å²) in [6, 6.07) is 20.9. The van der Waals surface area contributed by atoms with E-state index < -0.39 is 10.0 Å². The maximum Gasteiger partial charge on any atom is 0.269 e. The molecule has 10 heteroatoms. The lowest BCUT2D eigenvalue weighted by atomic mass is 10.1. The molecule has 1 aliphatic heterocycles. The lowest BCUT2D eigenvalue weighted by molar-refractivity contribution is 0.0718. The van der Waals surface area contributed by atoms with Gasteiger partial charge in [-0.25, -0.2) is 18.4 Å². The van der Waals surface area contributed by atoms with Crippen LogP contribution < -0.4 is 5.43 Å². The molecule has 2 aromatic heterocycles. The molecule has 3 heterocycles. The van der Waals surface area contributed by atoms with E-state index in [1.54, 1.807) is 11.1 Å². The zero-order valence-electron chi connectivity index (χ0n) is 19.1. The number of hydrazine groups is 1. The third kappa shape index (κ3) is 4.81. The van der Waals surface area contributed by atoms with Crippen molar-refractivity contribution >= 4 is 33.2 Å². The smallest absolute Gasteiger partial charge is 0.269 e. The summed E-state index contributed by atoms with van der Waals surface area (Å²) >= 11 is 6.11. The standard InChI is InChI=1S/C25H24ClN5O3S/c1-35(33,34)30-16-14-29(15-17-30)28-25(32)21-8-5-13-31-23(19-6-3-2-4-7-19)22(27-24(21)31)18-9-11-20(26)12-10-18/h2-13H,14-17H2,1H3,(H,28,32). The van der Waals surface area contributed by atoms with Crippen LogP contribution in [0.2, 0.25) is 5.02 Å². The van der Waals surface area contributed by atoms with E-state index in [0.29, 0.717) is 42.4 Å². The van der Waals surface area contributed by atoms with E-state index in [1.807, 2.05) is 71.3 Å². The van der Waals surface area contributed by atoms with Gasteiger partial charge in [-0.2, -0.15) is 4.31 Å². The van der Waals surface area contributed by atoms with Crippen LogP contribution in [-0.2, 0) is 10.0 Å². The van der Waals surface area contributed by atoms with Crippen LogP contribution in [0.15, 0.2) is 72.9 Å². The van der Waals surface area contributed by atoms with Crippen molar-refractivity contribution in [1.29, 1.82) is 0 Å². The number of halogens is 1. The molecule has 1 amide bonds. The predicted molar refractivity (Wildman–Crippen MR) is 137 cm³/mol. The van der Waals surface area contributed by atoms with Gasteiger partial charge in [-0.05, 0) is 24.3 Å². The van der Waals surface area contributed by atoms with E-state index in [9.17, 15) is 13.2 Å². The number of hydrogen-bond donors (Lipinski definition) is 1. The maximum atomic E-state index is 13.3.